The second-order valence-electron chi connectivity index (χ2n) is 5.85. The number of para-hydroxylation sites is 1. The highest BCUT2D eigenvalue weighted by Gasteiger charge is 2.26. The van der Waals surface area contributed by atoms with Crippen LogP contribution in [0.3, 0.4) is 0 Å². The van der Waals surface area contributed by atoms with Gasteiger partial charge in [0.1, 0.15) is 5.75 Å². The maximum Gasteiger partial charge on any atom is 0.124 e. The first-order valence-corrected chi connectivity index (χ1v) is 10.0. The Morgan fingerprint density at radius 3 is 2.44 bits per heavy atom. The number of rotatable bonds is 6. The molecule has 0 aromatic heterocycles. The van der Waals surface area contributed by atoms with Gasteiger partial charge in [-0.2, -0.15) is 0 Å². The summed E-state index contributed by atoms with van der Waals surface area (Å²) in [5, 5.41) is 10.5. The van der Waals surface area contributed by atoms with Gasteiger partial charge in [0.15, 0.2) is 0 Å². The maximum absolute atomic E-state index is 10.5. The highest BCUT2D eigenvalue weighted by atomic mass is 28.3. The van der Waals surface area contributed by atoms with E-state index in [1.807, 2.05) is 30.3 Å². The fourth-order valence-electron chi connectivity index (χ4n) is 2.17. The summed E-state index contributed by atoms with van der Waals surface area (Å²) < 4.78 is 5.31. The molecule has 2 atom stereocenters. The molecule has 0 heterocycles. The molecule has 0 aliphatic carbocycles. The lowest BCUT2D eigenvalue weighted by atomic mass is 9.96. The molecule has 0 radical (unpaired) electrons. The van der Waals surface area contributed by atoms with E-state index in [0.29, 0.717) is 0 Å². The summed E-state index contributed by atoms with van der Waals surface area (Å²) in [4.78, 5) is 0. The Labute approximate surface area is 111 Å². The van der Waals surface area contributed by atoms with Gasteiger partial charge in [0.05, 0.1) is 13.2 Å². The van der Waals surface area contributed by atoms with Crippen LogP contribution in [0, 0.1) is 5.92 Å². The number of methoxy groups -OCH3 is 1. The van der Waals surface area contributed by atoms with Gasteiger partial charge in [0, 0.05) is 19.6 Å². The monoisotopic (exact) mass is 264 g/mol. The molecule has 2 nitrogen and oxygen atoms in total. The average Bonchev–Trinajstić information content (AvgIpc) is 2.34. The van der Waals surface area contributed by atoms with Crippen molar-refractivity contribution < 1.29 is 9.84 Å². The van der Waals surface area contributed by atoms with Crippen molar-refractivity contribution in [3.05, 3.63) is 42.5 Å². The van der Waals surface area contributed by atoms with E-state index in [1.165, 1.54) is 0 Å². The summed E-state index contributed by atoms with van der Waals surface area (Å²) in [6, 6.07) is 8.67. The van der Waals surface area contributed by atoms with Gasteiger partial charge in [-0.1, -0.05) is 43.9 Å². The van der Waals surface area contributed by atoms with E-state index in [-0.39, 0.29) is 5.92 Å². The number of aliphatic hydroxyl groups is 1. The van der Waals surface area contributed by atoms with Gasteiger partial charge in [-0.15, -0.1) is 6.58 Å². The van der Waals surface area contributed by atoms with Crippen LogP contribution in [0.2, 0.25) is 25.7 Å². The van der Waals surface area contributed by atoms with E-state index < -0.39 is 14.2 Å². The molecule has 1 N–H and O–H groups in total. The van der Waals surface area contributed by atoms with E-state index in [0.717, 1.165) is 17.4 Å². The lowest BCUT2D eigenvalue weighted by molar-refractivity contribution is 0.135. The summed E-state index contributed by atoms with van der Waals surface area (Å²) in [5.41, 5.74) is 0.850. The van der Waals surface area contributed by atoms with Crippen LogP contribution in [0.15, 0.2) is 36.9 Å². The van der Waals surface area contributed by atoms with Gasteiger partial charge in [0.2, 0.25) is 0 Å². The Morgan fingerprint density at radius 2 is 1.94 bits per heavy atom. The number of hydrogen-bond acceptors (Lipinski definition) is 2. The molecule has 1 aromatic rings. The first-order chi connectivity index (χ1) is 8.39. The smallest absolute Gasteiger partial charge is 0.124 e. The summed E-state index contributed by atoms with van der Waals surface area (Å²) in [7, 11) is 0.395. The molecule has 3 heteroatoms. The molecule has 0 saturated carbocycles. The Kier molecular flexibility index (Phi) is 5.17. The van der Waals surface area contributed by atoms with Gasteiger partial charge in [-0.05, 0) is 12.1 Å². The average molecular weight is 264 g/mol. The molecule has 1 aromatic carbocycles. The molecule has 0 aliphatic rings. The van der Waals surface area contributed by atoms with Gasteiger partial charge >= 0.3 is 0 Å². The molecule has 0 saturated heterocycles. The predicted octanol–water partition coefficient (Wildman–Crippen LogP) is 3.87. The minimum Gasteiger partial charge on any atom is -0.496 e. The van der Waals surface area contributed by atoms with E-state index in [4.69, 9.17) is 4.74 Å². The first kappa shape index (κ1) is 15.0. The van der Waals surface area contributed by atoms with Gasteiger partial charge < -0.3 is 9.84 Å². The Hall–Kier alpha value is -1.06. The van der Waals surface area contributed by atoms with Crippen molar-refractivity contribution in [3.8, 4) is 5.75 Å². The van der Waals surface area contributed by atoms with Crippen LogP contribution < -0.4 is 4.74 Å². The second kappa shape index (κ2) is 6.21. The molecular weight excluding hydrogens is 240 g/mol. The van der Waals surface area contributed by atoms with E-state index in [2.05, 4.69) is 26.2 Å². The minimum atomic E-state index is -1.24. The zero-order valence-corrected chi connectivity index (χ0v) is 12.8. The van der Waals surface area contributed by atoms with Crippen LogP contribution in [0.25, 0.3) is 0 Å². The molecule has 2 unspecified atom stereocenters. The number of benzene rings is 1. The molecular formula is C15H24O2Si. The molecule has 0 fully saturated rings. The molecule has 100 valence electrons. The number of hydrogen-bond donors (Lipinski definition) is 1. The summed E-state index contributed by atoms with van der Waals surface area (Å²) in [6.07, 6.45) is 1.33. The van der Waals surface area contributed by atoms with Crippen LogP contribution in [0.5, 0.6) is 5.75 Å². The van der Waals surface area contributed by atoms with Crippen molar-refractivity contribution in [2.24, 2.45) is 5.92 Å². The van der Waals surface area contributed by atoms with Crippen LogP contribution in [-0.4, -0.2) is 20.3 Å². The third kappa shape index (κ3) is 4.00. The normalized spacial score (nSPS) is 14.9. The fraction of sp³-hybridized carbons (Fsp3) is 0.467. The quantitative estimate of drug-likeness (QED) is 0.624. The Bertz CT molecular complexity index is 396. The van der Waals surface area contributed by atoms with E-state index >= 15 is 0 Å². The largest absolute Gasteiger partial charge is 0.496 e. The van der Waals surface area contributed by atoms with Gasteiger partial charge in [-0.25, -0.2) is 0 Å². The third-order valence-electron chi connectivity index (χ3n) is 3.01. The SMILES string of the molecule is C=CC(C[Si](C)(C)C)C(O)c1ccccc1OC. The molecule has 0 amide bonds. The van der Waals surface area contributed by atoms with Crippen LogP contribution >= 0.6 is 0 Å². The number of ether oxygens (including phenoxy) is 1. The maximum atomic E-state index is 10.5. The zero-order chi connectivity index (χ0) is 13.8. The fourth-order valence-corrected chi connectivity index (χ4v) is 3.98. The first-order valence-electron chi connectivity index (χ1n) is 6.32. The lowest BCUT2D eigenvalue weighted by Crippen LogP contribution is -2.26. The van der Waals surface area contributed by atoms with Crippen molar-refractivity contribution in [1.82, 2.24) is 0 Å². The van der Waals surface area contributed by atoms with Crippen LogP contribution in [-0.2, 0) is 0 Å². The summed E-state index contributed by atoms with van der Waals surface area (Å²) in [6.45, 7) is 10.8. The topological polar surface area (TPSA) is 29.5 Å². The van der Waals surface area contributed by atoms with Crippen LogP contribution in [0.4, 0.5) is 0 Å². The van der Waals surface area contributed by atoms with Crippen molar-refractivity contribution in [3.63, 3.8) is 0 Å². The van der Waals surface area contributed by atoms with Crippen molar-refractivity contribution in [2.45, 2.75) is 31.8 Å². The lowest BCUT2D eigenvalue weighted by Gasteiger charge is -2.27. The predicted molar refractivity (Wildman–Crippen MR) is 79.8 cm³/mol. The number of aliphatic hydroxyl groups excluding tert-OH is 1. The highest BCUT2D eigenvalue weighted by molar-refractivity contribution is 6.76. The third-order valence-corrected chi connectivity index (χ3v) is 4.71. The van der Waals surface area contributed by atoms with E-state index in [1.54, 1.807) is 7.11 Å². The second-order valence-corrected chi connectivity index (χ2v) is 11.4. The standard InChI is InChI=1S/C15H24O2Si/c1-6-12(11-18(3,4)5)15(16)13-9-7-8-10-14(13)17-2/h6-10,12,15-16H,1,11H2,2-5H3. The van der Waals surface area contributed by atoms with Crippen molar-refractivity contribution >= 4 is 8.07 Å². The molecule has 0 bridgehead atoms. The van der Waals surface area contributed by atoms with Crippen molar-refractivity contribution in [1.29, 1.82) is 0 Å². The molecule has 1 rings (SSSR count). The molecule has 18 heavy (non-hydrogen) atoms. The van der Waals surface area contributed by atoms with E-state index in [9.17, 15) is 5.11 Å². The Morgan fingerprint density at radius 1 is 1.33 bits per heavy atom. The summed E-state index contributed by atoms with van der Waals surface area (Å²) in [5.74, 6) is 0.834. The highest BCUT2D eigenvalue weighted by Crippen LogP contribution is 2.34. The molecule has 0 aliphatic heterocycles. The van der Waals surface area contributed by atoms with Gasteiger partial charge in [0.25, 0.3) is 0 Å². The molecule has 0 spiro atoms. The van der Waals surface area contributed by atoms with Gasteiger partial charge in [-0.3, -0.25) is 0 Å². The zero-order valence-electron chi connectivity index (χ0n) is 11.8. The van der Waals surface area contributed by atoms with Crippen molar-refractivity contribution in [2.75, 3.05) is 7.11 Å². The summed E-state index contributed by atoms with van der Waals surface area (Å²) >= 11 is 0. The van der Waals surface area contributed by atoms with Crippen LogP contribution in [0.1, 0.15) is 11.7 Å². The minimum absolute atomic E-state index is 0.0907. The Balaban J connectivity index is 2.96.